The average molecular weight is 470 g/mol. The van der Waals surface area contributed by atoms with Crippen molar-refractivity contribution in [1.82, 2.24) is 19.7 Å². The van der Waals surface area contributed by atoms with Crippen LogP contribution in [0.15, 0.2) is 65.8 Å². The van der Waals surface area contributed by atoms with Crippen LogP contribution in [0.3, 0.4) is 0 Å². The lowest BCUT2D eigenvalue weighted by Gasteiger charge is -2.25. The Kier molecular flexibility index (Phi) is 6.51. The zero-order valence-electron chi connectivity index (χ0n) is 19.3. The summed E-state index contributed by atoms with van der Waals surface area (Å²) >= 11 is 0. The summed E-state index contributed by atoms with van der Waals surface area (Å²) in [5, 5.41) is 13.1. The summed E-state index contributed by atoms with van der Waals surface area (Å²) in [6.45, 7) is 3.69. The third-order valence-corrected chi connectivity index (χ3v) is 6.10. The molecule has 0 saturated carbocycles. The quantitative estimate of drug-likeness (QED) is 0.208. The van der Waals surface area contributed by atoms with Gasteiger partial charge in [-0.25, -0.2) is 4.99 Å². The number of hydrogen-bond donors (Lipinski definition) is 3. The van der Waals surface area contributed by atoms with E-state index in [-0.39, 0.29) is 11.6 Å². The molecule has 0 atom stereocenters. The number of H-pyrrole nitrogens is 1. The molecule has 4 aromatic rings. The number of aromatic nitrogens is 3. The Morgan fingerprint density at radius 1 is 1.17 bits per heavy atom. The van der Waals surface area contributed by atoms with E-state index in [0.717, 1.165) is 41.5 Å². The second-order valence-corrected chi connectivity index (χ2v) is 8.51. The number of carbonyl (C=O) groups excluding carboxylic acids is 1. The highest BCUT2D eigenvalue weighted by Gasteiger charge is 2.21. The number of ether oxygens (including phenoxy) is 1. The van der Waals surface area contributed by atoms with Crippen molar-refractivity contribution in [3.05, 3.63) is 77.7 Å². The van der Waals surface area contributed by atoms with E-state index in [4.69, 9.17) is 21.0 Å². The predicted molar refractivity (Wildman–Crippen MR) is 136 cm³/mol. The van der Waals surface area contributed by atoms with Gasteiger partial charge in [-0.1, -0.05) is 42.5 Å². The number of Topliss-reactive ketones (excluding diaryl/α,β-unsaturated/α-hetero) is 1. The number of amidine groups is 1. The summed E-state index contributed by atoms with van der Waals surface area (Å²) in [6, 6.07) is 18.0. The first-order valence-corrected chi connectivity index (χ1v) is 11.5. The lowest BCUT2D eigenvalue weighted by atomic mass is 10.0. The molecule has 0 radical (unpaired) electrons. The average Bonchev–Trinajstić information content (AvgIpc) is 3.49. The Labute approximate surface area is 202 Å². The fourth-order valence-corrected chi connectivity index (χ4v) is 4.30. The molecule has 1 fully saturated rings. The topological polar surface area (TPSA) is 125 Å². The van der Waals surface area contributed by atoms with Crippen molar-refractivity contribution in [3.63, 3.8) is 0 Å². The van der Waals surface area contributed by atoms with Crippen LogP contribution in [-0.4, -0.2) is 70.5 Å². The third kappa shape index (κ3) is 5.06. The second kappa shape index (κ2) is 10.0. The number of benzene rings is 2. The van der Waals surface area contributed by atoms with Crippen molar-refractivity contribution in [2.75, 3.05) is 32.8 Å². The number of nitrogens with zero attached hydrogens (tertiary/aromatic N) is 4. The van der Waals surface area contributed by atoms with Gasteiger partial charge in [0.15, 0.2) is 5.78 Å². The highest BCUT2D eigenvalue weighted by Crippen LogP contribution is 2.28. The number of nitrogens with two attached hydrogens (primary N) is 1. The highest BCUT2D eigenvalue weighted by atomic mass is 16.5. The summed E-state index contributed by atoms with van der Waals surface area (Å²) in [5.74, 6) is 0.116. The number of ketones is 1. The summed E-state index contributed by atoms with van der Waals surface area (Å²) in [7, 11) is 0. The molecule has 2 aromatic carbocycles. The number of nitrogens with one attached hydrogen (secondary N) is 2. The number of fused-ring (bicyclic) bond motifs is 1. The highest BCUT2D eigenvalue weighted by molar-refractivity contribution is 6.08. The molecule has 1 saturated heterocycles. The van der Waals surface area contributed by atoms with Gasteiger partial charge in [-0.3, -0.25) is 19.8 Å². The Balaban J connectivity index is 1.47. The van der Waals surface area contributed by atoms with Gasteiger partial charge in [-0.2, -0.15) is 5.10 Å². The molecule has 3 heterocycles. The van der Waals surface area contributed by atoms with Crippen molar-refractivity contribution in [2.24, 2.45) is 10.7 Å². The third-order valence-electron chi connectivity index (χ3n) is 6.10. The number of aromatic amines is 1. The van der Waals surface area contributed by atoms with E-state index in [1.54, 1.807) is 0 Å². The number of carbonyl (C=O) groups is 1. The number of rotatable bonds is 8. The van der Waals surface area contributed by atoms with E-state index < -0.39 is 0 Å². The van der Waals surface area contributed by atoms with Crippen molar-refractivity contribution in [3.8, 4) is 11.1 Å². The van der Waals surface area contributed by atoms with Crippen molar-refractivity contribution in [2.45, 2.75) is 6.54 Å². The van der Waals surface area contributed by atoms with Crippen molar-refractivity contribution in [1.29, 1.82) is 5.41 Å². The predicted octanol–water partition coefficient (Wildman–Crippen LogP) is 2.91. The van der Waals surface area contributed by atoms with Gasteiger partial charge < -0.3 is 15.5 Å². The van der Waals surface area contributed by atoms with Crippen LogP contribution in [0.5, 0.6) is 0 Å². The minimum absolute atomic E-state index is 0.0322. The van der Waals surface area contributed by atoms with Crippen LogP contribution >= 0.6 is 0 Å². The molecule has 1 aliphatic heterocycles. The Morgan fingerprint density at radius 3 is 2.74 bits per heavy atom. The van der Waals surface area contributed by atoms with Gasteiger partial charge in [0.2, 0.25) is 0 Å². The van der Waals surface area contributed by atoms with Gasteiger partial charge >= 0.3 is 0 Å². The van der Waals surface area contributed by atoms with Crippen molar-refractivity contribution >= 4 is 28.9 Å². The van der Waals surface area contributed by atoms with Gasteiger partial charge in [0.25, 0.3) is 0 Å². The monoisotopic (exact) mass is 469 g/mol. The van der Waals surface area contributed by atoms with Crippen LogP contribution in [0.4, 0.5) is 0 Å². The van der Waals surface area contributed by atoms with Crippen LogP contribution in [-0.2, 0) is 11.3 Å². The summed E-state index contributed by atoms with van der Waals surface area (Å²) in [6.07, 6.45) is 2.91. The lowest BCUT2D eigenvalue weighted by Crippen LogP contribution is -2.39. The second-order valence-electron chi connectivity index (χ2n) is 8.51. The van der Waals surface area contributed by atoms with E-state index in [9.17, 15) is 4.79 Å². The van der Waals surface area contributed by atoms with Crippen LogP contribution in [0, 0.1) is 5.41 Å². The number of hydrogen-bond acceptors (Lipinski definition) is 5. The van der Waals surface area contributed by atoms with Gasteiger partial charge in [0.1, 0.15) is 12.2 Å². The summed E-state index contributed by atoms with van der Waals surface area (Å²) < 4.78 is 7.30. The molecule has 9 heteroatoms. The fraction of sp³-hybridized carbons (Fsp3) is 0.231. The lowest BCUT2D eigenvalue weighted by molar-refractivity contribution is 0.0370. The van der Waals surface area contributed by atoms with Gasteiger partial charge in [0, 0.05) is 30.2 Å². The van der Waals surface area contributed by atoms with Gasteiger partial charge in [-0.05, 0) is 23.3 Å². The smallest absolute Gasteiger partial charge is 0.192 e. The molecule has 0 bridgehead atoms. The maximum atomic E-state index is 13.0. The van der Waals surface area contributed by atoms with Crippen molar-refractivity contribution < 1.29 is 9.53 Å². The molecule has 2 aromatic heterocycles. The van der Waals surface area contributed by atoms with Crippen LogP contribution in [0.25, 0.3) is 22.0 Å². The molecule has 5 rings (SSSR count). The largest absolute Gasteiger partial charge is 0.382 e. The minimum atomic E-state index is -0.0322. The molecule has 35 heavy (non-hydrogen) atoms. The summed E-state index contributed by atoms with van der Waals surface area (Å²) in [4.78, 5) is 22.2. The Morgan fingerprint density at radius 2 is 1.97 bits per heavy atom. The van der Waals surface area contributed by atoms with E-state index in [1.807, 2.05) is 53.3 Å². The normalized spacial score (nSPS) is 14.9. The molecule has 1 aliphatic rings. The van der Waals surface area contributed by atoms with E-state index >= 15 is 0 Å². The van der Waals surface area contributed by atoms with Crippen LogP contribution in [0.1, 0.15) is 21.7 Å². The maximum absolute atomic E-state index is 13.0. The minimum Gasteiger partial charge on any atom is -0.382 e. The van der Waals surface area contributed by atoms with Gasteiger partial charge in [0.05, 0.1) is 43.2 Å². The molecule has 4 N–H and O–H groups in total. The molecular formula is C26H27N7O2. The number of morpholine rings is 1. The molecule has 0 unspecified atom stereocenters. The SMILES string of the molecule is N=CN=C(N)c1[nH]c(C(=O)CN2CCOCC2)cc1-c1ccc2cn(Cc3ccccc3)nc2c1. The zero-order valence-corrected chi connectivity index (χ0v) is 19.3. The van der Waals surface area contributed by atoms with E-state index in [2.05, 4.69) is 27.0 Å². The Hall–Kier alpha value is -4.08. The molecular weight excluding hydrogens is 442 g/mol. The van der Waals surface area contributed by atoms with E-state index in [0.29, 0.717) is 37.7 Å². The Bertz CT molecular complexity index is 1380. The van der Waals surface area contributed by atoms with Gasteiger partial charge in [-0.15, -0.1) is 0 Å². The van der Waals surface area contributed by atoms with E-state index in [1.165, 1.54) is 5.56 Å². The molecule has 0 spiro atoms. The first-order valence-electron chi connectivity index (χ1n) is 11.5. The first-order chi connectivity index (χ1) is 17.1. The molecule has 0 aliphatic carbocycles. The molecule has 178 valence electrons. The summed E-state index contributed by atoms with van der Waals surface area (Å²) in [5.41, 5.74) is 10.8. The first kappa shape index (κ1) is 22.7. The van der Waals surface area contributed by atoms with Crippen LogP contribution in [0.2, 0.25) is 0 Å². The van der Waals surface area contributed by atoms with Crippen LogP contribution < -0.4 is 5.73 Å². The zero-order chi connectivity index (χ0) is 24.2. The number of aliphatic imine (C=N–C) groups is 1. The maximum Gasteiger partial charge on any atom is 0.192 e. The fourth-order valence-electron chi connectivity index (χ4n) is 4.30. The standard InChI is InChI=1S/C26H27N7O2/c27-17-29-26(28)25-21(13-23(30-25)24(34)16-32-8-10-35-11-9-32)19-6-7-20-15-33(31-22(20)12-19)14-18-4-2-1-3-5-18/h1-7,12-13,15,17,30H,8-11,14,16H2,(H3,27,28,29). The molecule has 0 amide bonds. The molecule has 9 nitrogen and oxygen atoms in total.